The lowest BCUT2D eigenvalue weighted by atomic mass is 9.98. The van der Waals surface area contributed by atoms with Crippen LogP contribution in [0, 0.1) is 0 Å². The second-order valence-corrected chi connectivity index (χ2v) is 12.7. The summed E-state index contributed by atoms with van der Waals surface area (Å²) in [6.07, 6.45) is -0.243. The maximum atomic E-state index is 14.1. The number of benzene rings is 3. The van der Waals surface area contributed by atoms with Gasteiger partial charge in [0, 0.05) is 19.0 Å². The molecule has 3 aromatic carbocycles. The first-order chi connectivity index (χ1) is 22.4. The molecule has 2 atom stereocenters. The average Bonchev–Trinajstić information content (AvgIpc) is 3.36. The lowest BCUT2D eigenvalue weighted by Crippen LogP contribution is -2.50. The Morgan fingerprint density at radius 1 is 0.851 bits per heavy atom. The zero-order chi connectivity index (χ0) is 34.0. The molecule has 0 aliphatic heterocycles. The third-order valence-corrected chi connectivity index (χ3v) is 8.12. The number of carboxylic acids is 1. The number of aliphatic carboxylic acids is 1. The van der Waals surface area contributed by atoms with Gasteiger partial charge in [0.15, 0.2) is 0 Å². The van der Waals surface area contributed by atoms with Crippen LogP contribution in [0.5, 0.6) is 0 Å². The average molecular weight is 644 g/mol. The van der Waals surface area contributed by atoms with E-state index >= 15 is 0 Å². The van der Waals surface area contributed by atoms with Gasteiger partial charge in [-0.1, -0.05) is 78.9 Å². The summed E-state index contributed by atoms with van der Waals surface area (Å²) in [6.45, 7) is 7.56. The number of rotatable bonds is 14. The Labute approximate surface area is 276 Å². The number of nitrogens with zero attached hydrogens (tertiary/aromatic N) is 1. The first-order valence-electron chi connectivity index (χ1n) is 16.1. The first-order valence-corrected chi connectivity index (χ1v) is 16.1. The molecule has 0 saturated heterocycles. The molecule has 47 heavy (non-hydrogen) atoms. The third kappa shape index (κ3) is 9.81. The first kappa shape index (κ1) is 35.0. The molecule has 250 valence electrons. The predicted octanol–water partition coefficient (Wildman–Crippen LogP) is 6.65. The number of carbonyl (C=O) groups excluding carboxylic acids is 3. The van der Waals surface area contributed by atoms with Gasteiger partial charge in [-0.25, -0.2) is 9.59 Å². The number of unbranched alkanes of at least 4 members (excludes halogenated alkanes) is 1. The van der Waals surface area contributed by atoms with Crippen molar-refractivity contribution in [2.45, 2.75) is 77.0 Å². The Balaban J connectivity index is 1.46. The van der Waals surface area contributed by atoms with E-state index in [0.29, 0.717) is 19.4 Å². The molecule has 0 aromatic heterocycles. The zero-order valence-corrected chi connectivity index (χ0v) is 27.5. The number of hydrogen-bond acceptors (Lipinski definition) is 6. The van der Waals surface area contributed by atoms with E-state index in [1.54, 1.807) is 20.8 Å². The Hall–Kier alpha value is -4.86. The smallest absolute Gasteiger partial charge is 0.407 e. The predicted molar refractivity (Wildman–Crippen MR) is 179 cm³/mol. The number of ether oxygens (including phenoxy) is 2. The van der Waals surface area contributed by atoms with Crippen LogP contribution >= 0.6 is 0 Å². The maximum Gasteiger partial charge on any atom is 0.407 e. The van der Waals surface area contributed by atoms with E-state index in [-0.39, 0.29) is 31.9 Å². The van der Waals surface area contributed by atoms with E-state index in [1.807, 2.05) is 73.7 Å². The fourth-order valence-corrected chi connectivity index (χ4v) is 5.84. The summed E-state index contributed by atoms with van der Waals surface area (Å²) in [5, 5.41) is 14.9. The minimum atomic E-state index is -1.03. The van der Waals surface area contributed by atoms with Gasteiger partial charge in [-0.3, -0.25) is 9.59 Å². The molecule has 1 aliphatic carbocycles. The summed E-state index contributed by atoms with van der Waals surface area (Å²) in [7, 11) is 0. The molecule has 3 N–H and O–H groups in total. The highest BCUT2D eigenvalue weighted by atomic mass is 16.6. The second kappa shape index (κ2) is 16.1. The number of hydrogen-bond donors (Lipinski definition) is 3. The molecule has 0 fully saturated rings. The van der Waals surface area contributed by atoms with Crippen molar-refractivity contribution in [1.29, 1.82) is 0 Å². The number of carbonyl (C=O) groups is 4. The molecular weight excluding hydrogens is 598 g/mol. The summed E-state index contributed by atoms with van der Waals surface area (Å²) in [5.74, 6) is -1.58. The zero-order valence-electron chi connectivity index (χ0n) is 27.5. The van der Waals surface area contributed by atoms with Crippen LogP contribution in [0.25, 0.3) is 11.1 Å². The maximum absolute atomic E-state index is 14.1. The van der Waals surface area contributed by atoms with Crippen molar-refractivity contribution in [3.8, 4) is 11.1 Å². The largest absolute Gasteiger partial charge is 0.481 e. The summed E-state index contributed by atoms with van der Waals surface area (Å²) < 4.78 is 11.0. The fraction of sp³-hybridized carbons (Fsp3) is 0.405. The van der Waals surface area contributed by atoms with Crippen molar-refractivity contribution in [2.24, 2.45) is 0 Å². The quantitative estimate of drug-likeness (QED) is 0.167. The number of amides is 3. The van der Waals surface area contributed by atoms with Gasteiger partial charge in [0.05, 0.1) is 12.5 Å². The van der Waals surface area contributed by atoms with Crippen LogP contribution in [0.15, 0.2) is 78.9 Å². The van der Waals surface area contributed by atoms with Gasteiger partial charge in [0.25, 0.3) is 0 Å². The van der Waals surface area contributed by atoms with E-state index in [9.17, 15) is 24.3 Å². The van der Waals surface area contributed by atoms with Crippen LogP contribution in [-0.2, 0) is 19.1 Å². The molecule has 0 saturated carbocycles. The molecule has 10 nitrogen and oxygen atoms in total. The molecule has 1 aliphatic rings. The Bertz CT molecular complexity index is 1490. The monoisotopic (exact) mass is 643 g/mol. The van der Waals surface area contributed by atoms with E-state index < -0.39 is 41.7 Å². The van der Waals surface area contributed by atoms with Gasteiger partial charge in [0.1, 0.15) is 18.2 Å². The summed E-state index contributed by atoms with van der Waals surface area (Å²) in [5.41, 5.74) is 4.57. The fourth-order valence-electron chi connectivity index (χ4n) is 5.84. The van der Waals surface area contributed by atoms with Gasteiger partial charge in [-0.05, 0) is 74.8 Å². The molecule has 0 bridgehead atoms. The molecule has 10 heteroatoms. The summed E-state index contributed by atoms with van der Waals surface area (Å²) >= 11 is 0. The van der Waals surface area contributed by atoms with Crippen molar-refractivity contribution >= 4 is 24.1 Å². The molecule has 4 rings (SSSR count). The highest BCUT2D eigenvalue weighted by Gasteiger charge is 2.32. The highest BCUT2D eigenvalue weighted by molar-refractivity contribution is 5.86. The molecule has 0 radical (unpaired) electrons. The van der Waals surface area contributed by atoms with E-state index in [4.69, 9.17) is 9.47 Å². The Morgan fingerprint density at radius 3 is 2.04 bits per heavy atom. The molecule has 0 spiro atoms. The summed E-state index contributed by atoms with van der Waals surface area (Å²) in [6, 6.07) is 24.0. The number of alkyl carbamates (subject to hydrolysis) is 2. The molecule has 3 amide bonds. The Morgan fingerprint density at radius 2 is 1.45 bits per heavy atom. The van der Waals surface area contributed by atoms with E-state index in [0.717, 1.165) is 27.8 Å². The van der Waals surface area contributed by atoms with Crippen LogP contribution in [-0.4, -0.2) is 65.4 Å². The lowest BCUT2D eigenvalue weighted by molar-refractivity contribution is -0.140. The molecule has 3 aromatic rings. The third-order valence-electron chi connectivity index (χ3n) is 8.12. The van der Waals surface area contributed by atoms with E-state index in [1.165, 1.54) is 4.90 Å². The van der Waals surface area contributed by atoms with Crippen LogP contribution in [0.3, 0.4) is 0 Å². The molecule has 0 unspecified atom stereocenters. The summed E-state index contributed by atoms with van der Waals surface area (Å²) in [4.78, 5) is 52.5. The van der Waals surface area contributed by atoms with Gasteiger partial charge in [-0.15, -0.1) is 0 Å². The lowest BCUT2D eigenvalue weighted by Gasteiger charge is -2.33. The van der Waals surface area contributed by atoms with Crippen molar-refractivity contribution in [2.75, 3.05) is 19.7 Å². The molecular formula is C37H45N3O7. The highest BCUT2D eigenvalue weighted by Crippen LogP contribution is 2.44. The van der Waals surface area contributed by atoms with Crippen LogP contribution in [0.1, 0.15) is 82.0 Å². The van der Waals surface area contributed by atoms with Crippen LogP contribution < -0.4 is 10.6 Å². The van der Waals surface area contributed by atoms with Gasteiger partial charge in [-0.2, -0.15) is 0 Å². The minimum Gasteiger partial charge on any atom is -0.481 e. The van der Waals surface area contributed by atoms with Crippen molar-refractivity contribution in [3.05, 3.63) is 95.6 Å². The van der Waals surface area contributed by atoms with Gasteiger partial charge >= 0.3 is 18.2 Å². The number of fused-ring (bicyclic) bond motifs is 3. The van der Waals surface area contributed by atoms with Crippen molar-refractivity contribution in [3.63, 3.8) is 0 Å². The van der Waals surface area contributed by atoms with Crippen LogP contribution in [0.2, 0.25) is 0 Å². The topological polar surface area (TPSA) is 134 Å². The van der Waals surface area contributed by atoms with Crippen molar-refractivity contribution in [1.82, 2.24) is 15.5 Å². The minimum absolute atomic E-state index is 0.0344. The number of carboxylic acid groups (broad SMARTS) is 1. The number of nitrogens with one attached hydrogen (secondary N) is 2. The Kier molecular flexibility index (Phi) is 12.0. The van der Waals surface area contributed by atoms with Crippen molar-refractivity contribution < 1.29 is 33.8 Å². The molecule has 0 heterocycles. The van der Waals surface area contributed by atoms with E-state index in [2.05, 4.69) is 22.8 Å². The van der Waals surface area contributed by atoms with Crippen LogP contribution in [0.4, 0.5) is 9.59 Å². The second-order valence-electron chi connectivity index (χ2n) is 12.7. The SMILES string of the molecule is C[C@@H](c1ccccc1)N(CCC(=O)O)C(=O)[C@H](CCCCNC(=O)OC(C)(C)C)NC(=O)OCC1c2ccccc2-c2ccccc21. The standard InChI is InChI=1S/C37H45N3O7/c1-25(26-14-6-5-7-15-26)40(23-21-33(41)42)34(43)32(20-12-13-22-38-35(44)47-37(2,3)4)39-36(45)46-24-31-29-18-10-8-16-27(29)28-17-9-11-19-30(28)31/h5-11,14-19,25,31-32H,12-13,20-24H2,1-4H3,(H,38,44)(H,39,45)(H,41,42)/t25-,32-/m0/s1. The van der Waals surface area contributed by atoms with Gasteiger partial charge in [0.2, 0.25) is 5.91 Å². The normalized spacial score (nSPS) is 13.4. The van der Waals surface area contributed by atoms with Gasteiger partial charge < -0.3 is 30.1 Å².